The molecule has 106 valence electrons. The number of anilines is 1. The van der Waals surface area contributed by atoms with Crippen molar-refractivity contribution in [1.29, 1.82) is 0 Å². The van der Waals surface area contributed by atoms with Gasteiger partial charge in [0.25, 0.3) is 0 Å². The Bertz CT molecular complexity index is 540. The summed E-state index contributed by atoms with van der Waals surface area (Å²) >= 11 is 0. The SMILES string of the molecule is COC(=O)C1CCCN1C(=O)/C=C/c1cccc(N)c1. The molecule has 1 aliphatic rings. The summed E-state index contributed by atoms with van der Waals surface area (Å²) in [6, 6.07) is 6.80. The smallest absolute Gasteiger partial charge is 0.328 e. The van der Waals surface area contributed by atoms with Crippen molar-refractivity contribution in [3.8, 4) is 0 Å². The van der Waals surface area contributed by atoms with E-state index in [1.54, 1.807) is 23.1 Å². The van der Waals surface area contributed by atoms with Gasteiger partial charge in [0.1, 0.15) is 6.04 Å². The standard InChI is InChI=1S/C15H18N2O3/c1-20-15(19)13-6-3-9-17(13)14(18)8-7-11-4-2-5-12(16)10-11/h2,4-5,7-8,10,13H,3,6,9,16H2,1H3/b8-7+. The molecule has 0 spiro atoms. The minimum atomic E-state index is -0.460. The van der Waals surface area contributed by atoms with E-state index in [-0.39, 0.29) is 11.9 Å². The molecule has 0 bridgehead atoms. The molecule has 0 aliphatic carbocycles. The summed E-state index contributed by atoms with van der Waals surface area (Å²) in [7, 11) is 1.34. The van der Waals surface area contributed by atoms with Crippen LogP contribution in [0.4, 0.5) is 5.69 Å². The quantitative estimate of drug-likeness (QED) is 0.514. The molecule has 5 nitrogen and oxygen atoms in total. The molecular formula is C15H18N2O3. The van der Waals surface area contributed by atoms with Crippen LogP contribution in [0.2, 0.25) is 0 Å². The topological polar surface area (TPSA) is 72.6 Å². The molecule has 1 aromatic rings. The van der Waals surface area contributed by atoms with Crippen molar-refractivity contribution in [2.24, 2.45) is 0 Å². The monoisotopic (exact) mass is 274 g/mol. The largest absolute Gasteiger partial charge is 0.467 e. The molecule has 1 amide bonds. The summed E-state index contributed by atoms with van der Waals surface area (Å²) in [5, 5.41) is 0. The van der Waals surface area contributed by atoms with E-state index in [1.807, 2.05) is 12.1 Å². The van der Waals surface area contributed by atoms with Gasteiger partial charge in [0.15, 0.2) is 0 Å². The minimum absolute atomic E-state index is 0.180. The molecule has 2 rings (SSSR count). The number of carbonyl (C=O) groups is 2. The Morgan fingerprint density at radius 1 is 1.45 bits per heavy atom. The Morgan fingerprint density at radius 3 is 2.95 bits per heavy atom. The average Bonchev–Trinajstić information content (AvgIpc) is 2.93. The Labute approximate surface area is 118 Å². The molecule has 1 saturated heterocycles. The summed E-state index contributed by atoms with van der Waals surface area (Å²) in [6.07, 6.45) is 4.64. The first-order valence-corrected chi connectivity index (χ1v) is 6.54. The number of hydrogen-bond acceptors (Lipinski definition) is 4. The second-order valence-electron chi connectivity index (χ2n) is 4.72. The number of esters is 1. The minimum Gasteiger partial charge on any atom is -0.467 e. The fraction of sp³-hybridized carbons (Fsp3) is 0.333. The number of likely N-dealkylation sites (tertiary alicyclic amines) is 1. The van der Waals surface area contributed by atoms with Gasteiger partial charge in [-0.3, -0.25) is 4.79 Å². The number of nitrogens with two attached hydrogens (primary N) is 1. The van der Waals surface area contributed by atoms with Crippen molar-refractivity contribution in [1.82, 2.24) is 4.90 Å². The third kappa shape index (κ3) is 3.17. The van der Waals surface area contributed by atoms with Crippen LogP contribution in [0.5, 0.6) is 0 Å². The fourth-order valence-electron chi connectivity index (χ4n) is 2.34. The molecule has 1 unspecified atom stereocenters. The molecular weight excluding hydrogens is 256 g/mol. The molecule has 1 aliphatic heterocycles. The lowest BCUT2D eigenvalue weighted by molar-refractivity contribution is -0.149. The number of methoxy groups -OCH3 is 1. The maximum atomic E-state index is 12.1. The predicted octanol–water partition coefficient (Wildman–Crippen LogP) is 1.45. The van der Waals surface area contributed by atoms with Crippen LogP contribution in [0.25, 0.3) is 6.08 Å². The highest BCUT2D eigenvalue weighted by Crippen LogP contribution is 2.19. The van der Waals surface area contributed by atoms with E-state index < -0.39 is 6.04 Å². The molecule has 20 heavy (non-hydrogen) atoms. The highest BCUT2D eigenvalue weighted by molar-refractivity contribution is 5.95. The molecule has 2 N–H and O–H groups in total. The second kappa shape index (κ2) is 6.23. The van der Waals surface area contributed by atoms with Crippen LogP contribution in [0, 0.1) is 0 Å². The van der Waals surface area contributed by atoms with Gasteiger partial charge in [-0.1, -0.05) is 12.1 Å². The van der Waals surface area contributed by atoms with Gasteiger partial charge in [0.2, 0.25) is 5.91 Å². The highest BCUT2D eigenvalue weighted by atomic mass is 16.5. The summed E-state index contributed by atoms with van der Waals surface area (Å²) in [4.78, 5) is 25.3. The molecule has 0 radical (unpaired) electrons. The number of benzene rings is 1. The lowest BCUT2D eigenvalue weighted by Crippen LogP contribution is -2.40. The zero-order valence-corrected chi connectivity index (χ0v) is 11.4. The first-order chi connectivity index (χ1) is 9.61. The number of nitrogen functional groups attached to an aromatic ring is 1. The Balaban J connectivity index is 2.06. The van der Waals surface area contributed by atoms with Crippen molar-refractivity contribution in [3.63, 3.8) is 0 Å². The molecule has 0 saturated carbocycles. The summed E-state index contributed by atoms with van der Waals surface area (Å²) in [5.41, 5.74) is 7.18. The van der Waals surface area contributed by atoms with Gasteiger partial charge in [0, 0.05) is 18.3 Å². The summed E-state index contributed by atoms with van der Waals surface area (Å²) in [5.74, 6) is -0.534. The third-order valence-electron chi connectivity index (χ3n) is 3.34. The normalized spacial score (nSPS) is 18.4. The number of carbonyl (C=O) groups excluding carboxylic acids is 2. The Hall–Kier alpha value is -2.30. The summed E-state index contributed by atoms with van der Waals surface area (Å²) < 4.78 is 4.72. The molecule has 1 fully saturated rings. The van der Waals surface area contributed by atoms with Gasteiger partial charge in [-0.15, -0.1) is 0 Å². The highest BCUT2D eigenvalue weighted by Gasteiger charge is 2.33. The van der Waals surface area contributed by atoms with Gasteiger partial charge in [-0.2, -0.15) is 0 Å². The maximum Gasteiger partial charge on any atom is 0.328 e. The molecule has 1 aromatic carbocycles. The Kier molecular flexibility index (Phi) is 4.40. The number of amides is 1. The van der Waals surface area contributed by atoms with E-state index in [4.69, 9.17) is 10.5 Å². The van der Waals surface area contributed by atoms with E-state index in [0.717, 1.165) is 12.0 Å². The van der Waals surface area contributed by atoms with Crippen molar-refractivity contribution < 1.29 is 14.3 Å². The van der Waals surface area contributed by atoms with E-state index >= 15 is 0 Å². The number of rotatable bonds is 3. The third-order valence-corrected chi connectivity index (χ3v) is 3.34. The van der Waals surface area contributed by atoms with E-state index in [0.29, 0.717) is 18.7 Å². The number of ether oxygens (including phenoxy) is 1. The first kappa shape index (κ1) is 14.1. The molecule has 5 heteroatoms. The Morgan fingerprint density at radius 2 is 2.25 bits per heavy atom. The van der Waals surface area contributed by atoms with Gasteiger partial charge in [-0.05, 0) is 36.6 Å². The number of nitrogens with zero attached hydrogens (tertiary/aromatic N) is 1. The molecule has 1 atom stereocenters. The predicted molar refractivity (Wildman–Crippen MR) is 76.6 cm³/mol. The van der Waals surface area contributed by atoms with Crippen molar-refractivity contribution >= 4 is 23.6 Å². The summed E-state index contributed by atoms with van der Waals surface area (Å²) in [6.45, 7) is 0.583. The molecule has 1 heterocycles. The zero-order chi connectivity index (χ0) is 14.5. The van der Waals surface area contributed by atoms with Crippen LogP contribution < -0.4 is 5.73 Å². The first-order valence-electron chi connectivity index (χ1n) is 6.54. The van der Waals surface area contributed by atoms with Crippen molar-refractivity contribution in [2.75, 3.05) is 19.4 Å². The van der Waals surface area contributed by atoms with Crippen LogP contribution in [0.1, 0.15) is 18.4 Å². The van der Waals surface area contributed by atoms with E-state index in [2.05, 4.69) is 0 Å². The van der Waals surface area contributed by atoms with Gasteiger partial charge in [0.05, 0.1) is 7.11 Å². The maximum absolute atomic E-state index is 12.1. The fourth-order valence-corrected chi connectivity index (χ4v) is 2.34. The average molecular weight is 274 g/mol. The van der Waals surface area contributed by atoms with Crippen LogP contribution in [-0.4, -0.2) is 36.5 Å². The van der Waals surface area contributed by atoms with Gasteiger partial charge < -0.3 is 15.4 Å². The van der Waals surface area contributed by atoms with Crippen LogP contribution in [0.15, 0.2) is 30.3 Å². The zero-order valence-electron chi connectivity index (χ0n) is 11.4. The van der Waals surface area contributed by atoms with E-state index in [1.165, 1.54) is 13.2 Å². The second-order valence-corrected chi connectivity index (χ2v) is 4.72. The van der Waals surface area contributed by atoms with Crippen LogP contribution in [0.3, 0.4) is 0 Å². The van der Waals surface area contributed by atoms with Gasteiger partial charge >= 0.3 is 5.97 Å². The van der Waals surface area contributed by atoms with Gasteiger partial charge in [-0.25, -0.2) is 4.79 Å². The van der Waals surface area contributed by atoms with E-state index in [9.17, 15) is 9.59 Å². The lowest BCUT2D eigenvalue weighted by Gasteiger charge is -2.20. The molecule has 0 aromatic heterocycles. The lowest BCUT2D eigenvalue weighted by atomic mass is 10.2. The van der Waals surface area contributed by atoms with Crippen LogP contribution >= 0.6 is 0 Å². The number of hydrogen-bond donors (Lipinski definition) is 1. The van der Waals surface area contributed by atoms with Crippen LogP contribution in [-0.2, 0) is 14.3 Å². The van der Waals surface area contributed by atoms with Crippen molar-refractivity contribution in [3.05, 3.63) is 35.9 Å². The van der Waals surface area contributed by atoms with Crippen molar-refractivity contribution in [2.45, 2.75) is 18.9 Å².